The lowest BCUT2D eigenvalue weighted by Gasteiger charge is -2.41. The number of carbonyl (C=O) groups is 4. The summed E-state index contributed by atoms with van der Waals surface area (Å²) in [4.78, 5) is 69.3. The molecule has 6 aromatic carbocycles. The molecule has 16 nitrogen and oxygen atoms in total. The Labute approximate surface area is 566 Å². The summed E-state index contributed by atoms with van der Waals surface area (Å²) in [6.45, 7) is 14.7. The number of hydrogen-bond donors (Lipinski definition) is 0. The Hall–Kier alpha value is -7.50. The van der Waals surface area contributed by atoms with Crippen molar-refractivity contribution in [1.29, 1.82) is 0 Å². The van der Waals surface area contributed by atoms with Crippen molar-refractivity contribution < 1.29 is 38.1 Å². The normalized spacial score (nSPS) is 22.0. The Balaban J connectivity index is 0.000000192. The first-order valence-corrected chi connectivity index (χ1v) is 34.5. The van der Waals surface area contributed by atoms with Gasteiger partial charge < -0.3 is 48.3 Å². The molecule has 6 aliphatic rings. The molecule has 4 amide bonds. The fourth-order valence-electron chi connectivity index (χ4n) is 14.9. The van der Waals surface area contributed by atoms with Crippen molar-refractivity contribution in [3.05, 3.63) is 165 Å². The number of piperazine rings is 2. The first-order chi connectivity index (χ1) is 45.2. The third-order valence-corrected chi connectivity index (χ3v) is 20.6. The van der Waals surface area contributed by atoms with Crippen LogP contribution in [-0.4, -0.2) is 162 Å². The summed E-state index contributed by atoms with van der Waals surface area (Å²) < 4.78 is 23.6. The Morgan fingerprint density at radius 3 is 1.13 bits per heavy atom. The maximum atomic E-state index is 13.9. The highest BCUT2D eigenvalue weighted by atomic mass is 35.5. The second-order valence-corrected chi connectivity index (χ2v) is 28.1. The first kappa shape index (κ1) is 67.9. The van der Waals surface area contributed by atoms with Crippen LogP contribution in [0.15, 0.2) is 121 Å². The maximum Gasteiger partial charge on any atom is 0.236 e. The van der Waals surface area contributed by atoms with Crippen LogP contribution in [0.1, 0.15) is 125 Å². The number of benzene rings is 6. The number of likely N-dealkylation sites (N-methyl/N-ethyl adjacent to an activating group) is 2. The highest BCUT2D eigenvalue weighted by Crippen LogP contribution is 2.47. The summed E-state index contributed by atoms with van der Waals surface area (Å²) in [5.74, 6) is 4.35. The van der Waals surface area contributed by atoms with E-state index in [1.807, 2.05) is 134 Å². The SMILES string of the molecule is COc1cc2c(cc1OC(C)C)[C@H](c1ccc(Cl)cc1)N(c1ccc(N(C)CC3CCC(N4CCN(C)C(=O)C4)CC3)cc1)C(=O)C2.COc1cc2c(cc1OC(C)C)[C@H](c1ccc(Cl)cc1)N(c1ccc(N(C)CC3CCC(N4CCN(C)C(=O)C4)CC3)cc1)C(=O)C2. The van der Waals surface area contributed by atoms with Gasteiger partial charge in [-0.3, -0.25) is 29.0 Å². The van der Waals surface area contributed by atoms with E-state index in [1.165, 1.54) is 25.7 Å². The molecule has 4 heterocycles. The van der Waals surface area contributed by atoms with Crippen LogP contribution >= 0.6 is 23.2 Å². The van der Waals surface area contributed by atoms with Crippen molar-refractivity contribution >= 4 is 69.6 Å². The van der Waals surface area contributed by atoms with Gasteiger partial charge in [-0.1, -0.05) is 47.5 Å². The second-order valence-electron chi connectivity index (χ2n) is 27.2. The van der Waals surface area contributed by atoms with E-state index in [-0.39, 0.29) is 60.8 Å². The van der Waals surface area contributed by atoms with Crippen LogP contribution in [0.5, 0.6) is 23.0 Å². The first-order valence-electron chi connectivity index (χ1n) is 33.7. The van der Waals surface area contributed by atoms with Crippen LogP contribution in [0.25, 0.3) is 0 Å². The topological polar surface area (TPSA) is 131 Å². The quantitative estimate of drug-likeness (QED) is 0.0812. The van der Waals surface area contributed by atoms with E-state index in [0.29, 0.717) is 70.1 Å². The molecule has 18 heteroatoms. The van der Waals surface area contributed by atoms with Crippen molar-refractivity contribution in [3.63, 3.8) is 0 Å². The van der Waals surface area contributed by atoms with Crippen molar-refractivity contribution in [3.8, 4) is 23.0 Å². The molecular weight excluding hydrogens is 1220 g/mol. The van der Waals surface area contributed by atoms with Gasteiger partial charge in [-0.25, -0.2) is 0 Å². The van der Waals surface area contributed by atoms with Gasteiger partial charge in [0.05, 0.1) is 64.4 Å². The van der Waals surface area contributed by atoms with Crippen LogP contribution in [0.3, 0.4) is 0 Å². The zero-order valence-electron chi connectivity index (χ0n) is 56.5. The number of hydrogen-bond acceptors (Lipinski definition) is 12. The van der Waals surface area contributed by atoms with Gasteiger partial charge in [0.25, 0.3) is 0 Å². The van der Waals surface area contributed by atoms with Crippen LogP contribution in [-0.2, 0) is 32.0 Å². The molecule has 12 rings (SSSR count). The highest BCUT2D eigenvalue weighted by Gasteiger charge is 2.39. The zero-order chi connectivity index (χ0) is 66.5. The van der Waals surface area contributed by atoms with Gasteiger partial charge >= 0.3 is 0 Å². The van der Waals surface area contributed by atoms with Crippen LogP contribution in [0, 0.1) is 11.8 Å². The van der Waals surface area contributed by atoms with E-state index in [4.69, 9.17) is 42.1 Å². The van der Waals surface area contributed by atoms with Gasteiger partial charge in [-0.2, -0.15) is 0 Å². The number of amides is 4. The van der Waals surface area contributed by atoms with Crippen molar-refractivity contribution in [2.24, 2.45) is 11.8 Å². The van der Waals surface area contributed by atoms with E-state index >= 15 is 0 Å². The van der Waals surface area contributed by atoms with Gasteiger partial charge in [-0.05, 0) is 221 Å². The average Bonchev–Trinajstić information content (AvgIpc) is 0.756. The lowest BCUT2D eigenvalue weighted by atomic mass is 9.84. The summed E-state index contributed by atoms with van der Waals surface area (Å²) in [6.07, 6.45) is 9.76. The molecule has 0 radical (unpaired) electrons. The number of anilines is 4. The number of ether oxygens (including phenoxy) is 4. The molecule has 0 spiro atoms. The molecule has 2 saturated heterocycles. The smallest absolute Gasteiger partial charge is 0.236 e. The average molecular weight is 1320 g/mol. The summed E-state index contributed by atoms with van der Waals surface area (Å²) in [5, 5.41) is 1.30. The molecule has 0 N–H and O–H groups in total. The monoisotopic (exact) mass is 1320 g/mol. The molecule has 500 valence electrons. The minimum absolute atomic E-state index is 0.0249. The third-order valence-electron chi connectivity index (χ3n) is 20.1. The van der Waals surface area contributed by atoms with Gasteiger partial charge in [0.1, 0.15) is 0 Å². The zero-order valence-corrected chi connectivity index (χ0v) is 58.0. The van der Waals surface area contributed by atoms with Crippen molar-refractivity contribution in [1.82, 2.24) is 19.6 Å². The number of methoxy groups -OCH3 is 2. The molecule has 0 aromatic heterocycles. The number of halogens is 2. The van der Waals surface area contributed by atoms with Crippen LogP contribution < -0.4 is 38.5 Å². The largest absolute Gasteiger partial charge is 0.493 e. The Kier molecular flexibility index (Phi) is 21.7. The molecule has 0 bridgehead atoms. The lowest BCUT2D eigenvalue weighted by molar-refractivity contribution is -0.136. The van der Waals surface area contributed by atoms with Gasteiger partial charge in [0.15, 0.2) is 23.0 Å². The van der Waals surface area contributed by atoms with Gasteiger partial charge in [0.2, 0.25) is 23.6 Å². The summed E-state index contributed by atoms with van der Waals surface area (Å²) in [7, 11) is 11.4. The molecular formula is C76H94Cl2N8O8. The van der Waals surface area contributed by atoms with Gasteiger partial charge in [-0.15, -0.1) is 0 Å². The Morgan fingerprint density at radius 2 is 0.809 bits per heavy atom. The molecule has 2 atom stereocenters. The molecule has 4 aliphatic heterocycles. The third kappa shape index (κ3) is 15.6. The molecule has 4 fully saturated rings. The van der Waals surface area contributed by atoms with Crippen molar-refractivity contribution in [2.75, 3.05) is 114 Å². The summed E-state index contributed by atoms with van der Waals surface area (Å²) in [6, 6.07) is 40.5. The fourth-order valence-corrected chi connectivity index (χ4v) is 15.2. The molecule has 94 heavy (non-hydrogen) atoms. The van der Waals surface area contributed by atoms with Gasteiger partial charge in [0, 0.05) is 112 Å². The minimum Gasteiger partial charge on any atom is -0.493 e. The molecule has 6 aromatic rings. The number of rotatable bonds is 18. The Bertz CT molecular complexity index is 3380. The maximum absolute atomic E-state index is 13.9. The van der Waals surface area contributed by atoms with E-state index in [9.17, 15) is 19.2 Å². The number of carbonyl (C=O) groups excluding carboxylic acids is 4. The molecule has 2 aliphatic carbocycles. The van der Waals surface area contributed by atoms with Crippen LogP contribution in [0.2, 0.25) is 10.0 Å². The minimum atomic E-state index is -0.349. The lowest BCUT2D eigenvalue weighted by Crippen LogP contribution is -2.53. The molecule has 2 saturated carbocycles. The van der Waals surface area contributed by atoms with Crippen molar-refractivity contribution in [2.45, 2.75) is 128 Å². The van der Waals surface area contributed by atoms with Crippen LogP contribution in [0.4, 0.5) is 22.7 Å². The molecule has 0 unspecified atom stereocenters. The highest BCUT2D eigenvalue weighted by molar-refractivity contribution is 6.30. The predicted molar refractivity (Wildman–Crippen MR) is 376 cm³/mol. The fraction of sp³-hybridized carbons (Fsp3) is 0.474. The Morgan fingerprint density at radius 1 is 0.457 bits per heavy atom. The van der Waals surface area contributed by atoms with E-state index < -0.39 is 0 Å². The number of fused-ring (bicyclic) bond motifs is 2. The van der Waals surface area contributed by atoms with E-state index in [0.717, 1.165) is 121 Å². The second kappa shape index (κ2) is 30.1. The summed E-state index contributed by atoms with van der Waals surface area (Å²) in [5.41, 5.74) is 9.81. The standard InChI is InChI=1S/2C38H47ClN4O4/c2*1-25(2)47-35-22-33-28(20-34(35)46-5)21-36(44)43(38(33)27-8-10-29(39)11-9-27)32-16-14-30(15-17-32)41(4)23-26-6-12-31(13-7-26)42-19-18-40(3)37(45)24-42/h2*8-11,14-17,20,22,25-26,31,38H,6-7,12-13,18-19,21,23-24H2,1-5H3/t2*26?,31?,38-/m00/s1. The van der Waals surface area contributed by atoms with E-state index in [2.05, 4.69) is 82.2 Å². The number of nitrogens with zero attached hydrogens (tertiary/aromatic N) is 8. The van der Waals surface area contributed by atoms with E-state index in [1.54, 1.807) is 14.2 Å². The summed E-state index contributed by atoms with van der Waals surface area (Å²) >= 11 is 12.6. The predicted octanol–water partition coefficient (Wildman–Crippen LogP) is 13.2.